The molecule has 1 aromatic carbocycles. The highest BCUT2D eigenvalue weighted by Crippen LogP contribution is 2.51. The quantitative estimate of drug-likeness (QED) is 0.501. The van der Waals surface area contributed by atoms with E-state index >= 15 is 0 Å². The van der Waals surface area contributed by atoms with E-state index in [4.69, 9.17) is 4.74 Å². The molecule has 4 heterocycles. The summed E-state index contributed by atoms with van der Waals surface area (Å²) in [6.45, 7) is 10.0. The third-order valence-corrected chi connectivity index (χ3v) is 11.4. The number of anilines is 1. The van der Waals surface area contributed by atoms with Crippen molar-refractivity contribution < 1.29 is 9.53 Å². The van der Waals surface area contributed by atoms with Gasteiger partial charge >= 0.3 is 0 Å². The predicted octanol–water partition coefficient (Wildman–Crippen LogP) is 2.75. The molecule has 1 spiro atoms. The van der Waals surface area contributed by atoms with Crippen LogP contribution in [0.15, 0.2) is 36.9 Å². The zero-order chi connectivity index (χ0) is 29.4. The van der Waals surface area contributed by atoms with Gasteiger partial charge in [-0.05, 0) is 82.2 Å². The Bertz CT molecular complexity index is 1190. The first-order valence-electron chi connectivity index (χ1n) is 16.0. The van der Waals surface area contributed by atoms with Crippen molar-refractivity contribution in [1.82, 2.24) is 25.3 Å². The van der Waals surface area contributed by atoms with Gasteiger partial charge in [-0.25, -0.2) is 0 Å². The molecule has 1 aromatic rings. The fraction of sp³-hybridized carbons (Fsp3) is 0.697. The zero-order valence-electron chi connectivity index (χ0n) is 25.7. The lowest BCUT2D eigenvalue weighted by Crippen LogP contribution is -2.73. The van der Waals surface area contributed by atoms with Crippen LogP contribution in [0, 0.1) is 22.7 Å². The number of fused-ring (bicyclic) bond motifs is 2. The maximum Gasteiger partial charge on any atom is 0.246 e. The second-order valence-corrected chi connectivity index (χ2v) is 13.5. The van der Waals surface area contributed by atoms with Crippen LogP contribution in [-0.2, 0) is 16.0 Å². The third-order valence-electron chi connectivity index (χ3n) is 11.4. The minimum Gasteiger partial charge on any atom is -0.371 e. The molecule has 8 atom stereocenters. The van der Waals surface area contributed by atoms with Crippen molar-refractivity contribution in [3.8, 4) is 6.07 Å². The number of likely N-dealkylation sites (N-methyl/N-ethyl adjacent to an activating group) is 1. The molecule has 1 aliphatic carbocycles. The first-order valence-corrected chi connectivity index (χ1v) is 16.0. The average Bonchev–Trinajstić information content (AvgIpc) is 3.42. The van der Waals surface area contributed by atoms with Crippen LogP contribution in [0.2, 0.25) is 0 Å². The first-order chi connectivity index (χ1) is 20.3. The number of amides is 1. The molecule has 4 fully saturated rings. The number of benzene rings is 1. The first kappa shape index (κ1) is 29.6. The van der Waals surface area contributed by atoms with Gasteiger partial charge in [0.15, 0.2) is 6.35 Å². The summed E-state index contributed by atoms with van der Waals surface area (Å²) in [5.41, 5.74) is 3.03. The van der Waals surface area contributed by atoms with E-state index in [0.29, 0.717) is 50.2 Å². The third kappa shape index (κ3) is 5.48. The number of para-hydroxylation sites is 1. The van der Waals surface area contributed by atoms with E-state index in [1.54, 1.807) is 0 Å². The lowest BCUT2D eigenvalue weighted by molar-refractivity contribution is -0.137. The van der Waals surface area contributed by atoms with Gasteiger partial charge in [0.25, 0.3) is 0 Å². The standard InChI is InChI=1S/C33H49N7O2/c1-5-30(41)40-18-17-39(21-25(40)13-15-34)31-27-12-14-33(19-24-9-6-7-11-29(24)38(4)23(33)2)20-28(27)35-32(36-31)42-22-26-10-8-16-37(26)3/h5-7,9,11,23,25-28,31-32,35-36H,1,8,10,12-14,16-22H2,2-4H3/t23?,25?,26?,27?,28?,31?,32?,33-/m1/s1. The van der Waals surface area contributed by atoms with Crippen LogP contribution in [0.3, 0.4) is 0 Å². The number of rotatable bonds is 6. The van der Waals surface area contributed by atoms with Crippen molar-refractivity contribution in [1.29, 1.82) is 5.26 Å². The predicted molar refractivity (Wildman–Crippen MR) is 165 cm³/mol. The molecule has 0 radical (unpaired) electrons. The molecule has 9 nitrogen and oxygen atoms in total. The summed E-state index contributed by atoms with van der Waals surface area (Å²) in [6, 6.07) is 12.3. The number of carbonyl (C=O) groups is 1. The summed E-state index contributed by atoms with van der Waals surface area (Å²) in [5, 5.41) is 17.4. The SMILES string of the molecule is C=CC(=O)N1CCN(C2NC(OCC3CCCN3C)NC3C[C@@]4(CCC32)Cc2ccccc2N(C)C4C)CC1CC#N. The molecule has 0 aromatic heterocycles. The van der Waals surface area contributed by atoms with Gasteiger partial charge in [0, 0.05) is 56.4 Å². The molecule has 9 heteroatoms. The molecule has 6 rings (SSSR count). The minimum absolute atomic E-state index is 0.0803. The lowest BCUT2D eigenvalue weighted by atomic mass is 9.59. The largest absolute Gasteiger partial charge is 0.371 e. The Kier molecular flexibility index (Phi) is 8.63. The van der Waals surface area contributed by atoms with E-state index in [1.807, 2.05) is 4.90 Å². The number of hydrogen-bond acceptors (Lipinski definition) is 8. The number of nitriles is 1. The molecular formula is C33H49N7O2. The van der Waals surface area contributed by atoms with E-state index in [-0.39, 0.29) is 29.9 Å². The maximum atomic E-state index is 12.6. The van der Waals surface area contributed by atoms with Crippen LogP contribution in [0.4, 0.5) is 5.69 Å². The van der Waals surface area contributed by atoms with Crippen molar-refractivity contribution in [2.24, 2.45) is 11.3 Å². The Hall–Kier alpha value is -2.48. The Balaban J connectivity index is 1.24. The second-order valence-electron chi connectivity index (χ2n) is 13.5. The summed E-state index contributed by atoms with van der Waals surface area (Å²) in [4.78, 5) is 21.8. The van der Waals surface area contributed by atoms with E-state index in [0.717, 1.165) is 32.4 Å². The van der Waals surface area contributed by atoms with Crippen LogP contribution in [0.1, 0.15) is 51.0 Å². The van der Waals surface area contributed by atoms with Crippen LogP contribution in [0.5, 0.6) is 0 Å². The smallest absolute Gasteiger partial charge is 0.246 e. The number of likely N-dealkylation sites (tertiary alicyclic amines) is 1. The highest BCUT2D eigenvalue weighted by Gasteiger charge is 2.53. The molecule has 1 amide bonds. The van der Waals surface area contributed by atoms with Gasteiger partial charge in [-0.1, -0.05) is 24.8 Å². The summed E-state index contributed by atoms with van der Waals surface area (Å²) in [7, 11) is 4.46. The van der Waals surface area contributed by atoms with Gasteiger partial charge in [0.05, 0.1) is 31.3 Å². The van der Waals surface area contributed by atoms with Gasteiger partial charge in [0.2, 0.25) is 5.91 Å². The van der Waals surface area contributed by atoms with Crippen LogP contribution in [0.25, 0.3) is 0 Å². The number of hydrogen-bond donors (Lipinski definition) is 2. The molecule has 228 valence electrons. The summed E-state index contributed by atoms with van der Waals surface area (Å²) < 4.78 is 6.61. The van der Waals surface area contributed by atoms with Gasteiger partial charge in [-0.15, -0.1) is 0 Å². The summed E-state index contributed by atoms with van der Waals surface area (Å²) in [6.07, 6.45) is 8.55. The Morgan fingerprint density at radius 3 is 2.79 bits per heavy atom. The normalized spacial score (nSPS) is 37.2. The van der Waals surface area contributed by atoms with Gasteiger partial charge in [-0.2, -0.15) is 5.26 Å². The molecule has 4 aliphatic heterocycles. The Morgan fingerprint density at radius 1 is 1.19 bits per heavy atom. The molecular weight excluding hydrogens is 526 g/mol. The topological polar surface area (TPSA) is 87.1 Å². The second kappa shape index (κ2) is 12.3. The van der Waals surface area contributed by atoms with Crippen LogP contribution in [-0.4, -0.2) is 104 Å². The monoisotopic (exact) mass is 575 g/mol. The summed E-state index contributed by atoms with van der Waals surface area (Å²) in [5.74, 6) is 0.340. The highest BCUT2D eigenvalue weighted by atomic mass is 16.5. The zero-order valence-corrected chi connectivity index (χ0v) is 25.7. The van der Waals surface area contributed by atoms with Gasteiger partial charge in [0.1, 0.15) is 0 Å². The number of carbonyl (C=O) groups excluding carboxylic acids is 1. The average molecular weight is 576 g/mol. The fourth-order valence-corrected chi connectivity index (χ4v) is 8.81. The Labute approximate surface area is 251 Å². The van der Waals surface area contributed by atoms with Crippen LogP contribution < -0.4 is 15.5 Å². The van der Waals surface area contributed by atoms with Crippen molar-refractivity contribution in [2.45, 2.75) is 88.6 Å². The Morgan fingerprint density at radius 2 is 2.02 bits per heavy atom. The van der Waals surface area contributed by atoms with Gasteiger partial charge in [-0.3, -0.25) is 20.3 Å². The highest BCUT2D eigenvalue weighted by molar-refractivity contribution is 5.87. The van der Waals surface area contributed by atoms with Gasteiger partial charge < -0.3 is 19.4 Å². The minimum atomic E-state index is -0.230. The van der Waals surface area contributed by atoms with Crippen molar-refractivity contribution in [3.63, 3.8) is 0 Å². The lowest BCUT2D eigenvalue weighted by Gasteiger charge is -2.58. The van der Waals surface area contributed by atoms with E-state index in [9.17, 15) is 10.1 Å². The molecule has 7 unspecified atom stereocenters. The maximum absolute atomic E-state index is 12.6. The fourth-order valence-electron chi connectivity index (χ4n) is 8.81. The van der Waals surface area contributed by atoms with E-state index in [2.05, 4.69) is 83.3 Å². The summed E-state index contributed by atoms with van der Waals surface area (Å²) >= 11 is 0. The van der Waals surface area contributed by atoms with E-state index in [1.165, 1.54) is 36.6 Å². The molecule has 5 aliphatic rings. The molecule has 3 saturated heterocycles. The molecule has 42 heavy (non-hydrogen) atoms. The molecule has 0 bridgehead atoms. The number of nitrogens with one attached hydrogen (secondary N) is 2. The number of nitrogens with zero attached hydrogens (tertiary/aromatic N) is 5. The van der Waals surface area contributed by atoms with Crippen LogP contribution >= 0.6 is 0 Å². The van der Waals surface area contributed by atoms with E-state index < -0.39 is 0 Å². The molecule has 2 N–H and O–H groups in total. The molecule has 1 saturated carbocycles. The van der Waals surface area contributed by atoms with Crippen molar-refractivity contribution in [2.75, 3.05) is 51.8 Å². The van der Waals surface area contributed by atoms with Crippen molar-refractivity contribution in [3.05, 3.63) is 42.5 Å². The van der Waals surface area contributed by atoms with Crippen molar-refractivity contribution >= 4 is 11.6 Å². The number of ether oxygens (including phenoxy) is 1. The number of piperazine rings is 1.